The van der Waals surface area contributed by atoms with Crippen LogP contribution in [0.2, 0.25) is 0 Å². The van der Waals surface area contributed by atoms with E-state index in [1.165, 1.54) is 12.1 Å². The summed E-state index contributed by atoms with van der Waals surface area (Å²) in [4.78, 5) is 9.20. The van der Waals surface area contributed by atoms with Crippen LogP contribution in [0.1, 0.15) is 13.3 Å². The Labute approximate surface area is 133 Å². The molecule has 120 valence electrons. The Hall–Kier alpha value is -1.91. The quantitative estimate of drug-likeness (QED) is 0.683. The van der Waals surface area contributed by atoms with Gasteiger partial charge in [-0.05, 0) is 24.5 Å². The highest BCUT2D eigenvalue weighted by molar-refractivity contribution is 5.81. The lowest BCUT2D eigenvalue weighted by Crippen LogP contribution is -2.53. The summed E-state index contributed by atoms with van der Waals surface area (Å²) < 4.78 is 5.48. The minimum atomic E-state index is 0.617. The molecule has 2 aliphatic rings. The third-order valence-electron chi connectivity index (χ3n) is 4.64. The number of piperazine rings is 1. The lowest BCUT2D eigenvalue weighted by atomic mass is 10.2. The highest BCUT2D eigenvalue weighted by atomic mass is 16.5. The molecule has 1 aliphatic carbocycles. The lowest BCUT2D eigenvalue weighted by molar-refractivity contribution is 0.366. The van der Waals surface area contributed by atoms with Gasteiger partial charge in [0, 0.05) is 39.3 Å². The van der Waals surface area contributed by atoms with Crippen LogP contribution in [0.4, 0.5) is 5.69 Å². The SMILES string of the molecule is CN=C(NC1CC1C)N1CCN(c2ccccc2OC)CC1. The van der Waals surface area contributed by atoms with Crippen LogP contribution in [0.25, 0.3) is 0 Å². The topological polar surface area (TPSA) is 40.1 Å². The number of aliphatic imine (C=N–C) groups is 1. The van der Waals surface area contributed by atoms with Crippen molar-refractivity contribution in [3.63, 3.8) is 0 Å². The fourth-order valence-electron chi connectivity index (χ4n) is 3.04. The van der Waals surface area contributed by atoms with Crippen molar-refractivity contribution in [2.45, 2.75) is 19.4 Å². The van der Waals surface area contributed by atoms with Crippen molar-refractivity contribution in [1.82, 2.24) is 10.2 Å². The van der Waals surface area contributed by atoms with Crippen LogP contribution in [0.15, 0.2) is 29.3 Å². The van der Waals surface area contributed by atoms with Crippen molar-refractivity contribution in [3.8, 4) is 5.75 Å². The first kappa shape index (κ1) is 15.0. The number of guanidine groups is 1. The highest BCUT2D eigenvalue weighted by Crippen LogP contribution is 2.30. The van der Waals surface area contributed by atoms with Crippen molar-refractivity contribution in [1.29, 1.82) is 0 Å². The van der Waals surface area contributed by atoms with Gasteiger partial charge in [0.25, 0.3) is 0 Å². The molecular formula is C17H26N4O. The van der Waals surface area contributed by atoms with Crippen LogP contribution in [0.5, 0.6) is 5.75 Å². The van der Waals surface area contributed by atoms with E-state index in [-0.39, 0.29) is 0 Å². The number of methoxy groups -OCH3 is 1. The van der Waals surface area contributed by atoms with Crippen molar-refractivity contribution in [2.24, 2.45) is 10.9 Å². The van der Waals surface area contributed by atoms with Crippen molar-refractivity contribution >= 4 is 11.6 Å². The largest absolute Gasteiger partial charge is 0.495 e. The number of para-hydroxylation sites is 2. The van der Waals surface area contributed by atoms with Crippen LogP contribution in [-0.2, 0) is 0 Å². The number of nitrogens with zero attached hydrogens (tertiary/aromatic N) is 3. The van der Waals surface area contributed by atoms with Crippen molar-refractivity contribution in [2.75, 3.05) is 45.2 Å². The fourth-order valence-corrected chi connectivity index (χ4v) is 3.04. The zero-order chi connectivity index (χ0) is 15.5. The Morgan fingerprint density at radius 1 is 1.23 bits per heavy atom. The van der Waals surface area contributed by atoms with Crippen LogP contribution in [0, 0.1) is 5.92 Å². The van der Waals surface area contributed by atoms with Gasteiger partial charge in [-0.1, -0.05) is 19.1 Å². The van der Waals surface area contributed by atoms with Gasteiger partial charge in [0.1, 0.15) is 5.75 Å². The molecule has 0 bridgehead atoms. The molecule has 0 amide bonds. The first-order valence-corrected chi connectivity index (χ1v) is 8.09. The van der Waals surface area contributed by atoms with E-state index in [4.69, 9.17) is 4.74 Å². The van der Waals surface area contributed by atoms with E-state index in [2.05, 4.69) is 39.2 Å². The van der Waals surface area contributed by atoms with Gasteiger partial charge in [0.2, 0.25) is 0 Å². The van der Waals surface area contributed by atoms with Crippen molar-refractivity contribution in [3.05, 3.63) is 24.3 Å². The zero-order valence-electron chi connectivity index (χ0n) is 13.7. The predicted octanol–water partition coefficient (Wildman–Crippen LogP) is 1.80. The number of hydrogen-bond acceptors (Lipinski definition) is 3. The molecule has 0 radical (unpaired) electrons. The van der Waals surface area contributed by atoms with E-state index in [9.17, 15) is 0 Å². The Morgan fingerprint density at radius 2 is 1.91 bits per heavy atom. The number of benzene rings is 1. The minimum absolute atomic E-state index is 0.617. The van der Waals surface area contributed by atoms with Gasteiger partial charge < -0.3 is 19.9 Å². The van der Waals surface area contributed by atoms with Gasteiger partial charge in [-0.15, -0.1) is 0 Å². The van der Waals surface area contributed by atoms with Gasteiger partial charge in [0.15, 0.2) is 5.96 Å². The second kappa shape index (κ2) is 6.46. The molecule has 2 fully saturated rings. The molecule has 1 saturated carbocycles. The maximum atomic E-state index is 5.48. The van der Waals surface area contributed by atoms with Crippen molar-refractivity contribution < 1.29 is 4.74 Å². The predicted molar refractivity (Wildman–Crippen MR) is 90.8 cm³/mol. The van der Waals surface area contributed by atoms with Gasteiger partial charge in [0.05, 0.1) is 12.8 Å². The minimum Gasteiger partial charge on any atom is -0.495 e. The molecular weight excluding hydrogens is 276 g/mol. The third-order valence-corrected chi connectivity index (χ3v) is 4.64. The van der Waals surface area contributed by atoms with Gasteiger partial charge in [-0.25, -0.2) is 0 Å². The Kier molecular flexibility index (Phi) is 4.41. The number of hydrogen-bond donors (Lipinski definition) is 1. The van der Waals surface area contributed by atoms with E-state index in [0.717, 1.165) is 43.8 Å². The van der Waals surface area contributed by atoms with E-state index in [1.807, 2.05) is 19.2 Å². The summed E-state index contributed by atoms with van der Waals surface area (Å²) in [5, 5.41) is 3.57. The van der Waals surface area contributed by atoms with Gasteiger partial charge in [-0.3, -0.25) is 4.99 Å². The van der Waals surface area contributed by atoms with E-state index in [0.29, 0.717) is 6.04 Å². The summed E-state index contributed by atoms with van der Waals surface area (Å²) in [5.74, 6) is 2.78. The second-order valence-electron chi connectivity index (χ2n) is 6.16. The summed E-state index contributed by atoms with van der Waals surface area (Å²) >= 11 is 0. The molecule has 0 aromatic heterocycles. The number of nitrogens with one attached hydrogen (secondary N) is 1. The third kappa shape index (κ3) is 3.13. The summed E-state index contributed by atoms with van der Waals surface area (Å²) in [6.07, 6.45) is 1.26. The normalized spacial score (nSPS) is 25.1. The first-order chi connectivity index (χ1) is 10.7. The molecule has 2 unspecified atom stereocenters. The average Bonchev–Trinajstić information content (AvgIpc) is 3.28. The Bertz CT molecular complexity index is 537. The molecule has 22 heavy (non-hydrogen) atoms. The molecule has 1 aliphatic heterocycles. The molecule has 0 spiro atoms. The molecule has 1 saturated heterocycles. The van der Waals surface area contributed by atoms with E-state index < -0.39 is 0 Å². The standard InChI is InChI=1S/C17H26N4O/c1-13-12-14(13)19-17(18-2)21-10-8-20(9-11-21)15-6-4-5-7-16(15)22-3/h4-7,13-14H,8-12H2,1-3H3,(H,18,19). The summed E-state index contributed by atoms with van der Waals surface area (Å²) in [6, 6.07) is 8.86. The molecule has 1 aromatic carbocycles. The van der Waals surface area contributed by atoms with Crippen LogP contribution < -0.4 is 15.0 Å². The average molecular weight is 302 g/mol. The monoisotopic (exact) mass is 302 g/mol. The number of ether oxygens (including phenoxy) is 1. The Balaban J connectivity index is 1.60. The van der Waals surface area contributed by atoms with Gasteiger partial charge >= 0.3 is 0 Å². The maximum Gasteiger partial charge on any atom is 0.193 e. The Morgan fingerprint density at radius 3 is 2.50 bits per heavy atom. The first-order valence-electron chi connectivity index (χ1n) is 8.09. The van der Waals surface area contributed by atoms with E-state index in [1.54, 1.807) is 7.11 Å². The lowest BCUT2D eigenvalue weighted by Gasteiger charge is -2.38. The highest BCUT2D eigenvalue weighted by Gasteiger charge is 2.34. The molecule has 1 heterocycles. The molecule has 3 rings (SSSR count). The molecule has 1 aromatic rings. The van der Waals surface area contributed by atoms with Crippen LogP contribution in [0.3, 0.4) is 0 Å². The maximum absolute atomic E-state index is 5.48. The molecule has 2 atom stereocenters. The number of rotatable bonds is 3. The molecule has 5 heteroatoms. The molecule has 5 nitrogen and oxygen atoms in total. The summed E-state index contributed by atoms with van der Waals surface area (Å²) in [7, 11) is 3.61. The smallest absolute Gasteiger partial charge is 0.193 e. The summed E-state index contributed by atoms with van der Waals surface area (Å²) in [5.41, 5.74) is 1.18. The summed E-state index contributed by atoms with van der Waals surface area (Å²) in [6.45, 7) is 6.23. The van der Waals surface area contributed by atoms with Crippen LogP contribution >= 0.6 is 0 Å². The zero-order valence-corrected chi connectivity index (χ0v) is 13.7. The fraction of sp³-hybridized carbons (Fsp3) is 0.588. The second-order valence-corrected chi connectivity index (χ2v) is 6.16. The van der Waals surface area contributed by atoms with E-state index >= 15 is 0 Å². The van der Waals surface area contributed by atoms with Gasteiger partial charge in [-0.2, -0.15) is 0 Å². The van der Waals surface area contributed by atoms with Crippen LogP contribution in [-0.4, -0.2) is 57.2 Å². The molecule has 1 N–H and O–H groups in total. The number of anilines is 1.